The van der Waals surface area contributed by atoms with E-state index in [4.69, 9.17) is 15.4 Å². The number of pyridine rings is 1. The summed E-state index contributed by atoms with van der Waals surface area (Å²) in [7, 11) is -3.71. The van der Waals surface area contributed by atoms with Crippen molar-refractivity contribution in [2.24, 2.45) is 0 Å². The molecule has 1 aromatic rings. The average Bonchev–Trinajstić information content (AvgIpc) is 2.56. The smallest absolute Gasteiger partial charge is 0.205 e. The molecule has 28 heavy (non-hydrogen) atoms. The summed E-state index contributed by atoms with van der Waals surface area (Å²) >= 11 is 0. The van der Waals surface area contributed by atoms with Gasteiger partial charge in [-0.05, 0) is 42.3 Å². The van der Waals surface area contributed by atoms with Gasteiger partial charge < -0.3 is 14.2 Å². The molecule has 0 amide bonds. The van der Waals surface area contributed by atoms with Crippen LogP contribution in [0.4, 0.5) is 11.5 Å². The summed E-state index contributed by atoms with van der Waals surface area (Å²) < 4.78 is 12.9. The minimum Gasteiger partial charge on any atom is -0.415 e. The molecule has 0 aliphatic carbocycles. The van der Waals surface area contributed by atoms with Crippen LogP contribution in [0.3, 0.4) is 0 Å². The van der Waals surface area contributed by atoms with Crippen molar-refractivity contribution in [2.45, 2.75) is 83.8 Å². The van der Waals surface area contributed by atoms with Gasteiger partial charge in [0.05, 0.1) is 25.8 Å². The van der Waals surface area contributed by atoms with Crippen LogP contribution in [0, 0.1) is 6.57 Å². The highest BCUT2D eigenvalue weighted by molar-refractivity contribution is 6.74. The Bertz CT molecular complexity index is 639. The molecule has 0 unspecified atom stereocenters. The second-order valence-corrected chi connectivity index (χ2v) is 20.1. The predicted octanol–water partition coefficient (Wildman–Crippen LogP) is 6.46. The zero-order chi connectivity index (χ0) is 21.8. The summed E-state index contributed by atoms with van der Waals surface area (Å²) in [5, 5.41) is 3.78. The molecule has 0 fully saturated rings. The van der Waals surface area contributed by atoms with E-state index in [0.29, 0.717) is 18.9 Å². The average molecular weight is 422 g/mol. The zero-order valence-electron chi connectivity index (χ0n) is 19.4. The number of anilines is 1. The van der Waals surface area contributed by atoms with E-state index in [9.17, 15) is 0 Å². The van der Waals surface area contributed by atoms with Gasteiger partial charge in [0.2, 0.25) is 5.69 Å². The molecule has 0 aromatic carbocycles. The fourth-order valence-electron chi connectivity index (χ4n) is 1.93. The van der Waals surface area contributed by atoms with E-state index in [1.54, 1.807) is 12.3 Å². The van der Waals surface area contributed by atoms with Gasteiger partial charge in [-0.3, -0.25) is 4.98 Å². The topological polar surface area (TPSA) is 47.7 Å². The Morgan fingerprint density at radius 1 is 0.964 bits per heavy atom. The number of hydrogen-bond acceptors (Lipinski definition) is 4. The van der Waals surface area contributed by atoms with Gasteiger partial charge in [-0.1, -0.05) is 47.6 Å². The highest BCUT2D eigenvalue weighted by Gasteiger charge is 2.39. The van der Waals surface area contributed by atoms with Crippen LogP contribution in [-0.2, 0) is 8.85 Å². The van der Waals surface area contributed by atoms with Gasteiger partial charge >= 0.3 is 0 Å². The number of nitrogens with one attached hydrogen (secondary N) is 1. The van der Waals surface area contributed by atoms with Gasteiger partial charge in [-0.25, -0.2) is 4.85 Å². The summed E-state index contributed by atoms with van der Waals surface area (Å²) in [6.07, 6.45) is 1.59. The maximum absolute atomic E-state index is 7.08. The molecule has 7 heteroatoms. The third-order valence-corrected chi connectivity index (χ3v) is 15.1. The van der Waals surface area contributed by atoms with Crippen LogP contribution in [0.15, 0.2) is 18.3 Å². The van der Waals surface area contributed by atoms with E-state index < -0.39 is 16.6 Å². The van der Waals surface area contributed by atoms with Gasteiger partial charge in [0.1, 0.15) is 5.82 Å². The molecule has 0 spiro atoms. The van der Waals surface area contributed by atoms with Crippen molar-refractivity contribution in [3.8, 4) is 0 Å². The molecule has 0 aliphatic rings. The minimum absolute atomic E-state index is 0.00883. The summed E-state index contributed by atoms with van der Waals surface area (Å²) in [4.78, 5) is 7.77. The van der Waals surface area contributed by atoms with E-state index in [0.717, 1.165) is 5.82 Å². The maximum atomic E-state index is 7.08. The molecule has 0 saturated heterocycles. The Kier molecular flexibility index (Phi) is 8.05. The lowest BCUT2D eigenvalue weighted by Crippen LogP contribution is -2.47. The Balaban J connectivity index is 2.91. The monoisotopic (exact) mass is 421 g/mol. The van der Waals surface area contributed by atoms with Crippen LogP contribution in [-0.4, -0.2) is 40.9 Å². The van der Waals surface area contributed by atoms with E-state index in [1.807, 2.05) is 6.07 Å². The normalized spacial score (nSPS) is 13.5. The third-order valence-electron chi connectivity index (χ3n) is 6.13. The minimum atomic E-state index is -1.86. The third kappa shape index (κ3) is 7.00. The Morgan fingerprint density at radius 3 is 1.75 bits per heavy atom. The largest absolute Gasteiger partial charge is 0.415 e. The van der Waals surface area contributed by atoms with Crippen LogP contribution < -0.4 is 5.32 Å². The fraction of sp³-hybridized carbons (Fsp3) is 0.714. The predicted molar refractivity (Wildman–Crippen MR) is 124 cm³/mol. The van der Waals surface area contributed by atoms with Crippen molar-refractivity contribution >= 4 is 28.1 Å². The molecule has 1 rings (SSSR count). The number of hydrogen-bond donors (Lipinski definition) is 1. The van der Waals surface area contributed by atoms with Gasteiger partial charge in [-0.2, -0.15) is 0 Å². The maximum Gasteiger partial charge on any atom is 0.205 e. The Hall–Kier alpha value is -1.21. The molecule has 0 saturated carbocycles. The van der Waals surface area contributed by atoms with E-state index in [2.05, 4.69) is 82.9 Å². The lowest BCUT2D eigenvalue weighted by molar-refractivity contribution is 0.207. The first-order valence-electron chi connectivity index (χ1n) is 9.97. The van der Waals surface area contributed by atoms with Crippen LogP contribution in [0.1, 0.15) is 41.5 Å². The summed E-state index contributed by atoms with van der Waals surface area (Å²) in [5.41, 5.74) is 0.539. The van der Waals surface area contributed by atoms with E-state index in [-0.39, 0.29) is 16.1 Å². The lowest BCUT2D eigenvalue weighted by atomic mass is 10.2. The van der Waals surface area contributed by atoms with Crippen LogP contribution in [0.25, 0.3) is 4.85 Å². The lowest BCUT2D eigenvalue weighted by Gasteiger charge is -2.39. The molecule has 1 heterocycles. The van der Waals surface area contributed by atoms with Crippen LogP contribution in [0.5, 0.6) is 0 Å². The Morgan fingerprint density at radius 2 is 1.43 bits per heavy atom. The summed E-state index contributed by atoms with van der Waals surface area (Å²) in [6, 6.07) is 3.64. The molecule has 0 atom stereocenters. The van der Waals surface area contributed by atoms with Gasteiger partial charge in [0.15, 0.2) is 16.6 Å². The molecule has 1 N–H and O–H groups in total. The standard InChI is InChI=1S/C21H39N3O2Si2/c1-20(2,3)27(8,9)25-15-18(16-26-28(10,11)21(4,5)6)24-19-13-12-17(22-7)14-23-19/h12-14,18H,15-16H2,1-6,8-11H3,(H,23,24). The van der Waals surface area contributed by atoms with Gasteiger partial charge in [-0.15, -0.1) is 0 Å². The molecule has 0 bridgehead atoms. The van der Waals surface area contributed by atoms with Crippen molar-refractivity contribution in [2.75, 3.05) is 18.5 Å². The zero-order valence-corrected chi connectivity index (χ0v) is 21.4. The first-order valence-corrected chi connectivity index (χ1v) is 15.8. The second kappa shape index (κ2) is 9.08. The number of rotatable bonds is 8. The van der Waals surface area contributed by atoms with Crippen molar-refractivity contribution in [1.82, 2.24) is 4.98 Å². The van der Waals surface area contributed by atoms with Crippen LogP contribution in [0.2, 0.25) is 36.3 Å². The summed E-state index contributed by atoms with van der Waals surface area (Å²) in [5.74, 6) is 0.745. The molecular formula is C21H39N3O2Si2. The molecule has 0 aliphatic heterocycles. The quantitative estimate of drug-likeness (QED) is 0.387. The fourth-order valence-corrected chi connectivity index (χ4v) is 4.03. The van der Waals surface area contributed by atoms with Gasteiger partial charge in [0, 0.05) is 6.20 Å². The van der Waals surface area contributed by atoms with Crippen molar-refractivity contribution in [3.63, 3.8) is 0 Å². The highest BCUT2D eigenvalue weighted by atomic mass is 28.4. The Labute approximate surface area is 174 Å². The van der Waals surface area contributed by atoms with Crippen molar-refractivity contribution < 1.29 is 8.85 Å². The molecule has 5 nitrogen and oxygen atoms in total. The van der Waals surface area contributed by atoms with Crippen LogP contribution >= 0.6 is 0 Å². The SMILES string of the molecule is [C-]#[N+]c1ccc(NC(CO[Si](C)(C)C(C)(C)C)CO[Si](C)(C)C(C)(C)C)nc1. The van der Waals surface area contributed by atoms with E-state index >= 15 is 0 Å². The molecule has 1 aromatic heterocycles. The van der Waals surface area contributed by atoms with E-state index in [1.165, 1.54) is 0 Å². The first kappa shape index (κ1) is 24.8. The molecule has 158 valence electrons. The molecule has 0 radical (unpaired) electrons. The van der Waals surface area contributed by atoms with Crippen molar-refractivity contribution in [3.05, 3.63) is 29.7 Å². The second-order valence-electron chi connectivity index (χ2n) is 10.5. The van der Waals surface area contributed by atoms with Gasteiger partial charge in [0.25, 0.3) is 0 Å². The number of aromatic nitrogens is 1. The highest BCUT2D eigenvalue weighted by Crippen LogP contribution is 2.38. The first-order chi connectivity index (χ1) is 12.6. The summed E-state index contributed by atoms with van der Waals surface area (Å²) in [6.45, 7) is 30.8. The molecular weight excluding hydrogens is 382 g/mol. The van der Waals surface area contributed by atoms with Crippen molar-refractivity contribution in [1.29, 1.82) is 0 Å². The number of nitrogens with zero attached hydrogens (tertiary/aromatic N) is 2.